The van der Waals surface area contributed by atoms with Crippen molar-refractivity contribution in [2.45, 2.75) is 57.4 Å². The number of aryl methyl sites for hydroxylation is 1. The molecular weight excluding hydrogens is 481 g/mol. The lowest BCUT2D eigenvalue weighted by atomic mass is 10.0. The summed E-state index contributed by atoms with van der Waals surface area (Å²) in [6.45, 7) is 3.78. The number of para-hydroxylation sites is 1. The fraction of sp³-hybridized carbons (Fsp3) is 0.385. The van der Waals surface area contributed by atoms with Crippen molar-refractivity contribution < 1.29 is 29.0 Å². The van der Waals surface area contributed by atoms with E-state index in [1.165, 1.54) is 0 Å². The summed E-state index contributed by atoms with van der Waals surface area (Å²) in [4.78, 5) is 48.3. The molecule has 2 aromatic carbocycles. The molecule has 3 rings (SSSR count). The second-order valence-corrected chi connectivity index (χ2v) is 11.2. The van der Waals surface area contributed by atoms with E-state index >= 15 is 0 Å². The number of benzene rings is 2. The molecule has 9 nitrogen and oxygen atoms in total. The molecule has 10 heteroatoms. The van der Waals surface area contributed by atoms with Crippen molar-refractivity contribution in [3.8, 4) is 0 Å². The molecule has 0 spiro atoms. The molecule has 3 aromatic rings. The Morgan fingerprint density at radius 1 is 1.00 bits per heavy atom. The predicted octanol–water partition coefficient (Wildman–Crippen LogP) is 3.42. The highest BCUT2D eigenvalue weighted by molar-refractivity contribution is 7.52. The molecule has 1 heterocycles. The van der Waals surface area contributed by atoms with E-state index < -0.39 is 37.3 Å². The molecule has 0 saturated carbocycles. The van der Waals surface area contributed by atoms with Gasteiger partial charge in [0.1, 0.15) is 11.8 Å². The van der Waals surface area contributed by atoms with Crippen molar-refractivity contribution in [3.63, 3.8) is 0 Å². The highest BCUT2D eigenvalue weighted by Crippen LogP contribution is 2.42. The van der Waals surface area contributed by atoms with Crippen molar-refractivity contribution in [1.29, 1.82) is 0 Å². The molecule has 6 N–H and O–H groups in total. The van der Waals surface area contributed by atoms with Crippen LogP contribution in [0.1, 0.15) is 37.8 Å². The summed E-state index contributed by atoms with van der Waals surface area (Å²) in [6, 6.07) is 14.6. The summed E-state index contributed by atoms with van der Waals surface area (Å²) in [5, 5.41) is 16.1. The first-order chi connectivity index (χ1) is 17.0. The van der Waals surface area contributed by atoms with Crippen LogP contribution in [-0.4, -0.2) is 49.6 Å². The number of fused-ring (bicyclic) bond motifs is 1. The minimum Gasteiger partial charge on any atom is -0.480 e. The third-order valence-corrected chi connectivity index (χ3v) is 7.31. The molecule has 0 aliphatic rings. The van der Waals surface area contributed by atoms with Gasteiger partial charge in [0.2, 0.25) is 5.91 Å². The molecule has 3 atom stereocenters. The zero-order chi connectivity index (χ0) is 26.3. The number of hydrogen-bond acceptors (Lipinski definition) is 4. The quantitative estimate of drug-likeness (QED) is 0.191. The number of carbonyl (C=O) groups is 2. The lowest BCUT2D eigenvalue weighted by Gasteiger charge is -2.28. The fourth-order valence-electron chi connectivity index (χ4n) is 4.24. The Balaban J connectivity index is 1.75. The number of H-pyrrole nitrogens is 1. The lowest BCUT2D eigenvalue weighted by molar-refractivity contribution is -0.142. The van der Waals surface area contributed by atoms with Gasteiger partial charge in [0, 0.05) is 23.5 Å². The van der Waals surface area contributed by atoms with Gasteiger partial charge in [-0.2, -0.15) is 0 Å². The van der Waals surface area contributed by atoms with E-state index in [9.17, 15) is 29.0 Å². The molecule has 0 saturated heterocycles. The van der Waals surface area contributed by atoms with Crippen LogP contribution >= 0.6 is 7.60 Å². The average Bonchev–Trinajstić information content (AvgIpc) is 3.23. The topological polar surface area (TPSA) is 152 Å². The van der Waals surface area contributed by atoms with E-state index in [4.69, 9.17) is 0 Å². The van der Waals surface area contributed by atoms with Crippen LogP contribution in [0.3, 0.4) is 0 Å². The van der Waals surface area contributed by atoms with Crippen LogP contribution < -0.4 is 10.6 Å². The number of hydrogen-bond donors (Lipinski definition) is 6. The van der Waals surface area contributed by atoms with E-state index in [0.29, 0.717) is 6.42 Å². The number of nitrogens with one attached hydrogen (secondary N) is 3. The highest BCUT2D eigenvalue weighted by atomic mass is 31.2. The molecule has 36 heavy (non-hydrogen) atoms. The standard InChI is InChI=1S/C26H34N3O6P/c1-17(2)14-22(28-24(36(33,34)35)13-12-18-8-4-3-5-9-18)25(30)29-23(26(31)32)15-19-16-27-21-11-7-6-10-20(19)21/h3-11,16-17,22-24,27-28H,12-15H2,1-2H3,(H,29,30)(H,31,32)(H2,33,34,35)/t22-,23-,24?/m0/s1. The number of amides is 1. The van der Waals surface area contributed by atoms with Gasteiger partial charge in [-0.25, -0.2) is 4.79 Å². The number of carboxylic acid groups (broad SMARTS) is 1. The van der Waals surface area contributed by atoms with Gasteiger partial charge in [0.15, 0.2) is 0 Å². The second kappa shape index (κ2) is 12.3. The maximum absolute atomic E-state index is 13.2. The molecule has 0 bridgehead atoms. The smallest absolute Gasteiger partial charge is 0.342 e. The van der Waals surface area contributed by atoms with Crippen LogP contribution in [-0.2, 0) is 27.0 Å². The van der Waals surface area contributed by atoms with Crippen molar-refractivity contribution in [2.75, 3.05) is 0 Å². The zero-order valence-electron chi connectivity index (χ0n) is 20.4. The van der Waals surface area contributed by atoms with E-state index in [0.717, 1.165) is 22.0 Å². The van der Waals surface area contributed by atoms with E-state index in [1.54, 1.807) is 6.20 Å². The van der Waals surface area contributed by atoms with Crippen molar-refractivity contribution in [2.24, 2.45) is 5.92 Å². The van der Waals surface area contributed by atoms with Gasteiger partial charge in [-0.3, -0.25) is 14.7 Å². The Bertz CT molecular complexity index is 1210. The number of aromatic nitrogens is 1. The van der Waals surface area contributed by atoms with Crippen LogP contribution in [0.2, 0.25) is 0 Å². The minimum atomic E-state index is -4.59. The number of aromatic amines is 1. The lowest BCUT2D eigenvalue weighted by Crippen LogP contribution is -2.53. The second-order valence-electron chi connectivity index (χ2n) is 9.44. The van der Waals surface area contributed by atoms with Crippen LogP contribution in [0.5, 0.6) is 0 Å². The van der Waals surface area contributed by atoms with Gasteiger partial charge in [-0.05, 0) is 42.4 Å². The maximum atomic E-state index is 13.2. The van der Waals surface area contributed by atoms with Gasteiger partial charge < -0.3 is 25.2 Å². The van der Waals surface area contributed by atoms with Gasteiger partial charge in [-0.15, -0.1) is 0 Å². The van der Waals surface area contributed by atoms with E-state index in [1.807, 2.05) is 68.4 Å². The van der Waals surface area contributed by atoms with Crippen molar-refractivity contribution in [3.05, 3.63) is 71.9 Å². The number of aliphatic carboxylic acids is 1. The molecule has 194 valence electrons. The third-order valence-electron chi connectivity index (χ3n) is 6.09. The maximum Gasteiger partial charge on any atom is 0.342 e. The molecule has 0 fully saturated rings. The number of rotatable bonds is 13. The molecule has 0 aliphatic heterocycles. The van der Waals surface area contributed by atoms with Crippen LogP contribution in [0.4, 0.5) is 0 Å². The van der Waals surface area contributed by atoms with Gasteiger partial charge in [0.25, 0.3) is 0 Å². The first-order valence-electron chi connectivity index (χ1n) is 12.0. The minimum absolute atomic E-state index is 0.0247. The summed E-state index contributed by atoms with van der Waals surface area (Å²) in [5.41, 5.74) is 2.54. The fourth-order valence-corrected chi connectivity index (χ4v) is 5.08. The zero-order valence-corrected chi connectivity index (χ0v) is 21.3. The first kappa shape index (κ1) is 27.6. The van der Waals surface area contributed by atoms with Gasteiger partial charge in [-0.1, -0.05) is 62.4 Å². The van der Waals surface area contributed by atoms with Crippen LogP contribution in [0.25, 0.3) is 10.9 Å². The molecule has 1 aromatic heterocycles. The summed E-state index contributed by atoms with van der Waals surface area (Å²) in [6.07, 6.45) is 2.61. The Labute approximate surface area is 210 Å². The molecule has 0 aliphatic carbocycles. The normalized spacial score (nSPS) is 14.5. The Morgan fingerprint density at radius 2 is 1.67 bits per heavy atom. The SMILES string of the molecule is CC(C)C[C@H](NC(CCc1ccccc1)P(=O)(O)O)C(=O)N[C@@H](Cc1c[nH]c2ccccc12)C(=O)O. The molecule has 1 unspecified atom stereocenters. The van der Waals surface area contributed by atoms with Crippen LogP contribution in [0, 0.1) is 5.92 Å². The Morgan fingerprint density at radius 3 is 2.31 bits per heavy atom. The number of carbonyl (C=O) groups excluding carboxylic acids is 1. The molecule has 0 radical (unpaired) electrons. The number of carboxylic acids is 1. The third kappa shape index (κ3) is 7.77. The summed E-state index contributed by atoms with van der Waals surface area (Å²) < 4.78 is 12.3. The van der Waals surface area contributed by atoms with Gasteiger partial charge >= 0.3 is 13.6 Å². The molecular formula is C26H34N3O6P. The first-order valence-corrected chi connectivity index (χ1v) is 13.7. The average molecular weight is 516 g/mol. The van der Waals surface area contributed by atoms with Crippen molar-refractivity contribution >= 4 is 30.4 Å². The monoisotopic (exact) mass is 515 g/mol. The Kier molecular flexibility index (Phi) is 9.45. The van der Waals surface area contributed by atoms with Crippen LogP contribution in [0.15, 0.2) is 60.8 Å². The highest BCUT2D eigenvalue weighted by Gasteiger charge is 2.34. The predicted molar refractivity (Wildman–Crippen MR) is 139 cm³/mol. The van der Waals surface area contributed by atoms with E-state index in [2.05, 4.69) is 15.6 Å². The van der Waals surface area contributed by atoms with Gasteiger partial charge in [0.05, 0.1) is 6.04 Å². The summed E-state index contributed by atoms with van der Waals surface area (Å²) in [5.74, 6) is -3.01. The summed E-state index contributed by atoms with van der Waals surface area (Å²) in [7, 11) is -4.59. The Hall–Kier alpha value is -2.97. The van der Waals surface area contributed by atoms with Crippen molar-refractivity contribution in [1.82, 2.24) is 15.6 Å². The summed E-state index contributed by atoms with van der Waals surface area (Å²) >= 11 is 0. The molecule has 1 amide bonds. The largest absolute Gasteiger partial charge is 0.480 e. The van der Waals surface area contributed by atoms with E-state index in [-0.39, 0.29) is 25.2 Å².